The van der Waals surface area contributed by atoms with Crippen LogP contribution in [0.5, 0.6) is 0 Å². The molecular weight excluding hydrogens is 205 g/mol. The molecule has 4 heteroatoms. The molecule has 0 bridgehead atoms. The van der Waals surface area contributed by atoms with Crippen molar-refractivity contribution in [1.82, 2.24) is 4.98 Å². The zero-order chi connectivity index (χ0) is 11.4. The van der Waals surface area contributed by atoms with Gasteiger partial charge in [-0.05, 0) is 31.9 Å². The summed E-state index contributed by atoms with van der Waals surface area (Å²) >= 11 is 0. The maximum Gasteiger partial charge on any atom is 0.128 e. The van der Waals surface area contributed by atoms with Gasteiger partial charge in [0.2, 0.25) is 0 Å². The minimum Gasteiger partial charge on any atom is -0.357 e. The molecule has 0 radical (unpaired) electrons. The van der Waals surface area contributed by atoms with Crippen LogP contribution in [0.3, 0.4) is 0 Å². The molecule has 88 valence electrons. The average Bonchev–Trinajstić information content (AvgIpc) is 2.83. The summed E-state index contributed by atoms with van der Waals surface area (Å²) in [6, 6.07) is 3.73. The van der Waals surface area contributed by atoms with Gasteiger partial charge in [-0.25, -0.2) is 9.37 Å². The van der Waals surface area contributed by atoms with Crippen LogP contribution in [0.2, 0.25) is 0 Å². The van der Waals surface area contributed by atoms with Gasteiger partial charge in [-0.2, -0.15) is 0 Å². The summed E-state index contributed by atoms with van der Waals surface area (Å²) in [4.78, 5) is 6.55. The molecule has 0 saturated carbocycles. The van der Waals surface area contributed by atoms with Crippen LogP contribution in [0.15, 0.2) is 18.3 Å². The first-order valence-corrected chi connectivity index (χ1v) is 5.86. The van der Waals surface area contributed by atoms with Crippen molar-refractivity contribution in [2.45, 2.75) is 25.4 Å². The molecule has 0 amide bonds. The number of alkyl halides is 1. The summed E-state index contributed by atoms with van der Waals surface area (Å²) < 4.78 is 13.5. The summed E-state index contributed by atoms with van der Waals surface area (Å²) in [6.07, 6.45) is 3.47. The molecule has 1 aliphatic heterocycles. The first-order valence-electron chi connectivity index (χ1n) is 5.86. The van der Waals surface area contributed by atoms with Gasteiger partial charge in [0.05, 0.1) is 0 Å². The van der Waals surface area contributed by atoms with Crippen molar-refractivity contribution in [2.24, 2.45) is 5.73 Å². The Kier molecular flexibility index (Phi) is 3.72. The van der Waals surface area contributed by atoms with E-state index in [1.165, 1.54) is 12.8 Å². The van der Waals surface area contributed by atoms with Crippen LogP contribution < -0.4 is 10.6 Å². The monoisotopic (exact) mass is 223 g/mol. The normalized spacial score (nSPS) is 17.8. The van der Waals surface area contributed by atoms with Gasteiger partial charge in [-0.15, -0.1) is 0 Å². The third kappa shape index (κ3) is 2.50. The SMILES string of the molecule is NCCC(F)c1ccc(N2CCCC2)nc1. The molecule has 1 fully saturated rings. The second-order valence-electron chi connectivity index (χ2n) is 4.19. The summed E-state index contributed by atoms with van der Waals surface area (Å²) in [5, 5.41) is 0. The first-order chi connectivity index (χ1) is 7.81. The van der Waals surface area contributed by atoms with Gasteiger partial charge in [0.1, 0.15) is 12.0 Å². The Labute approximate surface area is 95.5 Å². The van der Waals surface area contributed by atoms with E-state index in [9.17, 15) is 4.39 Å². The number of aromatic nitrogens is 1. The van der Waals surface area contributed by atoms with Crippen molar-refractivity contribution in [3.05, 3.63) is 23.9 Å². The lowest BCUT2D eigenvalue weighted by molar-refractivity contribution is 0.327. The maximum atomic E-state index is 13.5. The van der Waals surface area contributed by atoms with E-state index in [0.29, 0.717) is 18.5 Å². The fourth-order valence-electron chi connectivity index (χ4n) is 2.03. The third-order valence-electron chi connectivity index (χ3n) is 2.98. The van der Waals surface area contributed by atoms with E-state index < -0.39 is 6.17 Å². The molecule has 1 saturated heterocycles. The first kappa shape index (κ1) is 11.3. The number of nitrogens with zero attached hydrogens (tertiary/aromatic N) is 2. The van der Waals surface area contributed by atoms with E-state index in [4.69, 9.17) is 5.73 Å². The molecule has 0 aliphatic carbocycles. The summed E-state index contributed by atoms with van der Waals surface area (Å²) in [6.45, 7) is 2.50. The van der Waals surface area contributed by atoms with Crippen molar-refractivity contribution in [3.8, 4) is 0 Å². The zero-order valence-corrected chi connectivity index (χ0v) is 9.40. The van der Waals surface area contributed by atoms with Gasteiger partial charge in [0.25, 0.3) is 0 Å². The standard InChI is InChI=1S/C12H18FN3/c13-11(5-6-14)10-3-4-12(15-9-10)16-7-1-2-8-16/h3-4,9,11H,1-2,5-8,14H2. The van der Waals surface area contributed by atoms with Crippen LogP contribution in [-0.2, 0) is 0 Å². The molecule has 2 N–H and O–H groups in total. The molecule has 0 spiro atoms. The lowest BCUT2D eigenvalue weighted by atomic mass is 10.1. The Hall–Kier alpha value is -1.16. The Morgan fingerprint density at radius 3 is 2.69 bits per heavy atom. The van der Waals surface area contributed by atoms with E-state index in [-0.39, 0.29) is 0 Å². The van der Waals surface area contributed by atoms with E-state index in [1.807, 2.05) is 12.1 Å². The highest BCUT2D eigenvalue weighted by atomic mass is 19.1. The number of halogens is 1. The second kappa shape index (κ2) is 5.25. The van der Waals surface area contributed by atoms with Gasteiger partial charge in [-0.1, -0.05) is 6.07 Å². The van der Waals surface area contributed by atoms with E-state index in [0.717, 1.165) is 18.9 Å². The van der Waals surface area contributed by atoms with E-state index in [1.54, 1.807) is 6.20 Å². The molecule has 1 aromatic rings. The average molecular weight is 223 g/mol. The van der Waals surface area contributed by atoms with Crippen molar-refractivity contribution in [2.75, 3.05) is 24.5 Å². The van der Waals surface area contributed by atoms with Crippen molar-refractivity contribution < 1.29 is 4.39 Å². The molecule has 1 aliphatic rings. The van der Waals surface area contributed by atoms with Crippen LogP contribution in [-0.4, -0.2) is 24.6 Å². The van der Waals surface area contributed by atoms with E-state index >= 15 is 0 Å². The fraction of sp³-hybridized carbons (Fsp3) is 0.583. The predicted octanol–water partition coefficient (Wildman–Crippen LogP) is 2.04. The maximum absolute atomic E-state index is 13.5. The Bertz CT molecular complexity index is 320. The molecule has 3 nitrogen and oxygen atoms in total. The minimum atomic E-state index is -0.981. The smallest absolute Gasteiger partial charge is 0.128 e. The number of rotatable bonds is 4. The molecular formula is C12H18FN3. The molecule has 2 rings (SSSR count). The Morgan fingerprint density at radius 2 is 2.12 bits per heavy atom. The Balaban J connectivity index is 2.03. The lowest BCUT2D eigenvalue weighted by Crippen LogP contribution is -2.18. The van der Waals surface area contributed by atoms with Crippen LogP contribution in [0.25, 0.3) is 0 Å². The number of hydrogen-bond acceptors (Lipinski definition) is 3. The van der Waals surface area contributed by atoms with Gasteiger partial charge in [0.15, 0.2) is 0 Å². The van der Waals surface area contributed by atoms with Gasteiger partial charge >= 0.3 is 0 Å². The zero-order valence-electron chi connectivity index (χ0n) is 9.40. The number of hydrogen-bond donors (Lipinski definition) is 1. The largest absolute Gasteiger partial charge is 0.357 e. The predicted molar refractivity (Wildman–Crippen MR) is 63.2 cm³/mol. The third-order valence-corrected chi connectivity index (χ3v) is 2.98. The van der Waals surface area contributed by atoms with E-state index in [2.05, 4.69) is 9.88 Å². The molecule has 2 heterocycles. The van der Waals surface area contributed by atoms with Crippen LogP contribution >= 0.6 is 0 Å². The van der Waals surface area contributed by atoms with Crippen molar-refractivity contribution >= 4 is 5.82 Å². The van der Waals surface area contributed by atoms with Crippen LogP contribution in [0, 0.1) is 0 Å². The van der Waals surface area contributed by atoms with Gasteiger partial charge in [-0.3, -0.25) is 0 Å². The summed E-state index contributed by atoms with van der Waals surface area (Å²) in [7, 11) is 0. The highest BCUT2D eigenvalue weighted by Gasteiger charge is 2.14. The number of anilines is 1. The fourth-order valence-corrected chi connectivity index (χ4v) is 2.03. The Morgan fingerprint density at radius 1 is 1.38 bits per heavy atom. The quantitative estimate of drug-likeness (QED) is 0.849. The number of pyridine rings is 1. The second-order valence-corrected chi connectivity index (χ2v) is 4.19. The van der Waals surface area contributed by atoms with Gasteiger partial charge in [0, 0.05) is 24.8 Å². The molecule has 1 aromatic heterocycles. The summed E-state index contributed by atoms with van der Waals surface area (Å²) in [5.74, 6) is 0.959. The molecule has 1 atom stereocenters. The molecule has 0 aromatic carbocycles. The van der Waals surface area contributed by atoms with Crippen LogP contribution in [0.4, 0.5) is 10.2 Å². The highest BCUT2D eigenvalue weighted by molar-refractivity contribution is 5.40. The van der Waals surface area contributed by atoms with Crippen molar-refractivity contribution in [1.29, 1.82) is 0 Å². The highest BCUT2D eigenvalue weighted by Crippen LogP contribution is 2.23. The van der Waals surface area contributed by atoms with Gasteiger partial charge < -0.3 is 10.6 Å². The molecule has 16 heavy (non-hydrogen) atoms. The lowest BCUT2D eigenvalue weighted by Gasteiger charge is -2.16. The minimum absolute atomic E-state index is 0.366. The molecule has 1 unspecified atom stereocenters. The summed E-state index contributed by atoms with van der Waals surface area (Å²) in [5.41, 5.74) is 5.96. The van der Waals surface area contributed by atoms with Crippen molar-refractivity contribution in [3.63, 3.8) is 0 Å². The number of nitrogens with two attached hydrogens (primary N) is 1. The van der Waals surface area contributed by atoms with Crippen LogP contribution in [0.1, 0.15) is 31.0 Å². The topological polar surface area (TPSA) is 42.1 Å².